The molecule has 0 atom stereocenters. The van der Waals surface area contributed by atoms with E-state index < -0.39 is 15.9 Å². The summed E-state index contributed by atoms with van der Waals surface area (Å²) in [7, 11) is -2.22. The minimum atomic E-state index is -3.78. The molecule has 1 fully saturated rings. The third kappa shape index (κ3) is 4.91. The van der Waals surface area contributed by atoms with Gasteiger partial charge in [0.25, 0.3) is 11.8 Å². The van der Waals surface area contributed by atoms with Gasteiger partial charge in [-0.3, -0.25) is 9.59 Å². The summed E-state index contributed by atoms with van der Waals surface area (Å²) in [5.41, 5.74) is 6.42. The number of para-hydroxylation sites is 1. The first-order valence-electron chi connectivity index (χ1n) is 10.1. The molecule has 0 radical (unpaired) electrons. The number of primary amides is 1. The lowest BCUT2D eigenvalue weighted by Gasteiger charge is -2.33. The summed E-state index contributed by atoms with van der Waals surface area (Å²) in [5.74, 6) is 0.0688. The van der Waals surface area contributed by atoms with Crippen LogP contribution in [0, 0.1) is 0 Å². The molecular formula is C21H28N4O5S. The molecule has 1 aliphatic rings. The number of hydrogen-bond donors (Lipinski definition) is 1. The summed E-state index contributed by atoms with van der Waals surface area (Å²) in [6.07, 6.45) is 1.37. The average molecular weight is 449 g/mol. The van der Waals surface area contributed by atoms with E-state index in [1.807, 2.05) is 24.3 Å². The van der Waals surface area contributed by atoms with Crippen LogP contribution in [0.5, 0.6) is 5.75 Å². The van der Waals surface area contributed by atoms with E-state index in [0.29, 0.717) is 5.75 Å². The highest BCUT2D eigenvalue weighted by Gasteiger charge is 2.31. The molecule has 2 amide bonds. The molecule has 31 heavy (non-hydrogen) atoms. The predicted molar refractivity (Wildman–Crippen MR) is 115 cm³/mol. The Morgan fingerprint density at radius 1 is 1.13 bits per heavy atom. The van der Waals surface area contributed by atoms with Gasteiger partial charge in [-0.15, -0.1) is 0 Å². The van der Waals surface area contributed by atoms with E-state index >= 15 is 0 Å². The molecule has 0 unspecified atom stereocenters. The highest BCUT2D eigenvalue weighted by Crippen LogP contribution is 2.26. The monoisotopic (exact) mass is 448 g/mol. The number of piperazine rings is 1. The summed E-state index contributed by atoms with van der Waals surface area (Å²) >= 11 is 0. The number of ether oxygens (including phenoxy) is 1. The summed E-state index contributed by atoms with van der Waals surface area (Å²) in [6.45, 7) is 4.88. The van der Waals surface area contributed by atoms with Gasteiger partial charge in [0.05, 0.1) is 0 Å². The van der Waals surface area contributed by atoms with Gasteiger partial charge in [0.15, 0.2) is 6.61 Å². The van der Waals surface area contributed by atoms with E-state index in [1.165, 1.54) is 21.1 Å². The van der Waals surface area contributed by atoms with Crippen molar-refractivity contribution in [1.29, 1.82) is 0 Å². The Morgan fingerprint density at radius 3 is 2.35 bits per heavy atom. The number of amides is 2. The van der Waals surface area contributed by atoms with Crippen LogP contribution in [0.1, 0.15) is 35.8 Å². The lowest BCUT2D eigenvalue weighted by Crippen LogP contribution is -2.51. The van der Waals surface area contributed by atoms with Crippen molar-refractivity contribution in [3.8, 4) is 5.75 Å². The fraction of sp³-hybridized carbons (Fsp3) is 0.429. The molecule has 2 N–H and O–H groups in total. The molecule has 0 saturated carbocycles. The number of aryl methyl sites for hydroxylation is 1. The molecule has 2 aromatic rings. The van der Waals surface area contributed by atoms with Crippen molar-refractivity contribution in [3.63, 3.8) is 0 Å². The molecule has 0 bridgehead atoms. The Labute approximate surface area is 182 Å². The molecule has 3 rings (SSSR count). The molecule has 10 heteroatoms. The second-order valence-electron chi connectivity index (χ2n) is 7.80. The van der Waals surface area contributed by atoms with Gasteiger partial charge < -0.3 is 19.9 Å². The third-order valence-electron chi connectivity index (χ3n) is 5.35. The van der Waals surface area contributed by atoms with Gasteiger partial charge in [-0.2, -0.15) is 4.31 Å². The number of sulfonamides is 1. The van der Waals surface area contributed by atoms with Gasteiger partial charge in [-0.1, -0.05) is 32.0 Å². The Balaban J connectivity index is 1.59. The highest BCUT2D eigenvalue weighted by molar-refractivity contribution is 7.89. The molecule has 1 aromatic carbocycles. The number of benzene rings is 1. The van der Waals surface area contributed by atoms with Crippen LogP contribution < -0.4 is 10.5 Å². The number of carbonyl (C=O) groups is 2. The van der Waals surface area contributed by atoms with Gasteiger partial charge in [-0.05, 0) is 23.6 Å². The lowest BCUT2D eigenvalue weighted by atomic mass is 10.0. The summed E-state index contributed by atoms with van der Waals surface area (Å²) in [6, 6.07) is 8.88. The zero-order chi connectivity index (χ0) is 22.8. The van der Waals surface area contributed by atoms with E-state index in [-0.39, 0.29) is 55.2 Å². The standard InChI is InChI=1S/C21H28N4O5S/c1-15(2)17-6-4-5-7-19(17)30-14-20(26)24-8-10-25(11-9-24)31(28,29)16-12-18(21(22)27)23(3)13-16/h4-7,12-13,15H,8-11,14H2,1-3H3,(H2,22,27). The second kappa shape index (κ2) is 9.11. The van der Waals surface area contributed by atoms with Gasteiger partial charge in [0, 0.05) is 39.4 Å². The largest absolute Gasteiger partial charge is 0.483 e. The number of carbonyl (C=O) groups excluding carboxylic acids is 2. The molecule has 1 aliphatic heterocycles. The molecule has 168 valence electrons. The normalized spacial score (nSPS) is 15.3. The SMILES string of the molecule is CC(C)c1ccccc1OCC(=O)N1CCN(S(=O)(=O)c2cc(C(N)=O)n(C)c2)CC1. The Morgan fingerprint density at radius 2 is 1.77 bits per heavy atom. The summed E-state index contributed by atoms with van der Waals surface area (Å²) in [5, 5.41) is 0. The van der Waals surface area contributed by atoms with Crippen molar-refractivity contribution >= 4 is 21.8 Å². The maximum absolute atomic E-state index is 12.9. The van der Waals surface area contributed by atoms with Gasteiger partial charge in [-0.25, -0.2) is 8.42 Å². The third-order valence-corrected chi connectivity index (χ3v) is 7.22. The van der Waals surface area contributed by atoms with Crippen molar-refractivity contribution in [2.75, 3.05) is 32.8 Å². The van der Waals surface area contributed by atoms with Gasteiger partial charge in [0.2, 0.25) is 10.0 Å². The minimum absolute atomic E-state index is 0.0113. The maximum Gasteiger partial charge on any atom is 0.265 e. The van der Waals surface area contributed by atoms with Crippen molar-refractivity contribution in [1.82, 2.24) is 13.8 Å². The minimum Gasteiger partial charge on any atom is -0.483 e. The van der Waals surface area contributed by atoms with Crippen molar-refractivity contribution < 1.29 is 22.7 Å². The number of hydrogen-bond acceptors (Lipinski definition) is 5. The molecular weight excluding hydrogens is 420 g/mol. The number of aromatic nitrogens is 1. The molecule has 1 saturated heterocycles. The summed E-state index contributed by atoms with van der Waals surface area (Å²) in [4.78, 5) is 25.6. The predicted octanol–water partition coefficient (Wildman–Crippen LogP) is 1.16. The average Bonchev–Trinajstić information content (AvgIpc) is 3.15. The molecule has 2 heterocycles. The maximum atomic E-state index is 12.9. The van der Waals surface area contributed by atoms with Crippen LogP contribution in [-0.4, -0.2) is 66.8 Å². The lowest BCUT2D eigenvalue weighted by molar-refractivity contribution is -0.134. The van der Waals surface area contributed by atoms with E-state index in [4.69, 9.17) is 10.5 Å². The quantitative estimate of drug-likeness (QED) is 0.683. The molecule has 0 aliphatic carbocycles. The van der Waals surface area contributed by atoms with Crippen LogP contribution in [0.25, 0.3) is 0 Å². The van der Waals surface area contributed by atoms with Crippen molar-refractivity contribution in [2.45, 2.75) is 24.7 Å². The zero-order valence-corrected chi connectivity index (χ0v) is 18.8. The van der Waals surface area contributed by atoms with Gasteiger partial charge in [0.1, 0.15) is 16.3 Å². The topological polar surface area (TPSA) is 115 Å². The first kappa shape index (κ1) is 22.8. The fourth-order valence-corrected chi connectivity index (χ4v) is 5.06. The Kier molecular flexibility index (Phi) is 6.71. The van der Waals surface area contributed by atoms with Crippen LogP contribution in [0.15, 0.2) is 41.4 Å². The second-order valence-corrected chi connectivity index (χ2v) is 9.74. The molecule has 0 spiro atoms. The highest BCUT2D eigenvalue weighted by atomic mass is 32.2. The van der Waals surface area contributed by atoms with Crippen molar-refractivity contribution in [2.24, 2.45) is 12.8 Å². The van der Waals surface area contributed by atoms with Crippen LogP contribution in [-0.2, 0) is 21.9 Å². The number of rotatable bonds is 7. The first-order chi connectivity index (χ1) is 14.6. The van der Waals surface area contributed by atoms with Crippen LogP contribution in [0.3, 0.4) is 0 Å². The van der Waals surface area contributed by atoms with Crippen LogP contribution in [0.4, 0.5) is 0 Å². The van der Waals surface area contributed by atoms with Crippen LogP contribution in [0.2, 0.25) is 0 Å². The van der Waals surface area contributed by atoms with E-state index in [9.17, 15) is 18.0 Å². The van der Waals surface area contributed by atoms with Crippen LogP contribution >= 0.6 is 0 Å². The smallest absolute Gasteiger partial charge is 0.265 e. The Hall–Kier alpha value is -2.85. The molecule has 1 aromatic heterocycles. The fourth-order valence-electron chi connectivity index (χ4n) is 3.57. The molecule has 9 nitrogen and oxygen atoms in total. The van der Waals surface area contributed by atoms with Crippen molar-refractivity contribution in [3.05, 3.63) is 47.8 Å². The van der Waals surface area contributed by atoms with E-state index in [2.05, 4.69) is 13.8 Å². The van der Waals surface area contributed by atoms with Gasteiger partial charge >= 0.3 is 0 Å². The van der Waals surface area contributed by atoms with E-state index in [0.717, 1.165) is 5.56 Å². The summed E-state index contributed by atoms with van der Waals surface area (Å²) < 4.78 is 34.2. The first-order valence-corrected chi connectivity index (χ1v) is 11.5. The number of nitrogens with zero attached hydrogens (tertiary/aromatic N) is 3. The Bertz CT molecular complexity index is 1070. The van der Waals surface area contributed by atoms with E-state index in [1.54, 1.807) is 11.9 Å². The zero-order valence-electron chi connectivity index (χ0n) is 17.9. The number of nitrogens with two attached hydrogens (primary N) is 1.